The summed E-state index contributed by atoms with van der Waals surface area (Å²) in [6, 6.07) is 16.6. The molecule has 1 N–H and O–H groups in total. The number of sulfonamides is 1. The summed E-state index contributed by atoms with van der Waals surface area (Å²) in [5, 5.41) is 0. The van der Waals surface area contributed by atoms with Gasteiger partial charge >= 0.3 is 0 Å². The predicted molar refractivity (Wildman–Crippen MR) is 81.1 cm³/mol. The molecule has 0 radical (unpaired) electrons. The molecule has 1 unspecified atom stereocenters. The van der Waals surface area contributed by atoms with E-state index in [1.54, 1.807) is 24.3 Å². The van der Waals surface area contributed by atoms with Crippen LogP contribution >= 0.6 is 0 Å². The number of nitrogens with one attached hydrogen (secondary N) is 1. The molecule has 0 saturated carbocycles. The molecule has 2 aromatic carbocycles. The molecule has 4 heteroatoms. The van der Waals surface area contributed by atoms with E-state index < -0.39 is 10.0 Å². The fourth-order valence-corrected chi connectivity index (χ4v) is 3.30. The summed E-state index contributed by atoms with van der Waals surface area (Å²) < 4.78 is 27.2. The van der Waals surface area contributed by atoms with E-state index in [1.807, 2.05) is 44.2 Å². The molecule has 0 aliphatic carbocycles. The zero-order valence-corrected chi connectivity index (χ0v) is 12.5. The highest BCUT2D eigenvalue weighted by Gasteiger charge is 2.17. The Morgan fingerprint density at radius 1 is 1.00 bits per heavy atom. The van der Waals surface area contributed by atoms with Crippen molar-refractivity contribution in [2.24, 2.45) is 0 Å². The van der Waals surface area contributed by atoms with Gasteiger partial charge in [0, 0.05) is 6.04 Å². The summed E-state index contributed by atoms with van der Waals surface area (Å²) in [5.74, 6) is 0. The van der Waals surface area contributed by atoms with Crippen LogP contribution in [0, 0.1) is 6.92 Å². The molecule has 2 rings (SSSR count). The molecule has 0 spiro atoms. The zero-order valence-electron chi connectivity index (χ0n) is 11.7. The van der Waals surface area contributed by atoms with Crippen LogP contribution in [-0.4, -0.2) is 14.5 Å². The molecule has 1 atom stereocenters. The SMILES string of the molecule is Cc1ccc(S(=O)(=O)NC(C)Cc2ccccc2)cc1. The van der Waals surface area contributed by atoms with Gasteiger partial charge in [-0.25, -0.2) is 13.1 Å². The lowest BCUT2D eigenvalue weighted by molar-refractivity contribution is 0.560. The van der Waals surface area contributed by atoms with Crippen LogP contribution in [0.5, 0.6) is 0 Å². The second kappa shape index (κ2) is 6.20. The normalized spacial score (nSPS) is 13.1. The van der Waals surface area contributed by atoms with E-state index in [0.29, 0.717) is 11.3 Å². The van der Waals surface area contributed by atoms with Gasteiger partial charge in [0.25, 0.3) is 0 Å². The fraction of sp³-hybridized carbons (Fsp3) is 0.250. The van der Waals surface area contributed by atoms with Crippen molar-refractivity contribution < 1.29 is 8.42 Å². The molecule has 0 aliphatic heterocycles. The molecule has 20 heavy (non-hydrogen) atoms. The minimum absolute atomic E-state index is 0.149. The van der Waals surface area contributed by atoms with Crippen molar-refractivity contribution in [1.82, 2.24) is 4.72 Å². The van der Waals surface area contributed by atoms with Gasteiger partial charge in [-0.3, -0.25) is 0 Å². The van der Waals surface area contributed by atoms with Crippen molar-refractivity contribution in [3.8, 4) is 0 Å². The van der Waals surface area contributed by atoms with Crippen LogP contribution in [0.15, 0.2) is 59.5 Å². The Hall–Kier alpha value is -1.65. The number of aryl methyl sites for hydroxylation is 1. The smallest absolute Gasteiger partial charge is 0.208 e. The molecule has 0 amide bonds. The highest BCUT2D eigenvalue weighted by atomic mass is 32.2. The van der Waals surface area contributed by atoms with Crippen LogP contribution in [0.2, 0.25) is 0 Å². The molecular formula is C16H19NO2S. The molecule has 2 aromatic rings. The molecule has 0 fully saturated rings. The van der Waals surface area contributed by atoms with Gasteiger partial charge in [-0.15, -0.1) is 0 Å². The number of benzene rings is 2. The van der Waals surface area contributed by atoms with Gasteiger partial charge in [0.1, 0.15) is 0 Å². The van der Waals surface area contributed by atoms with E-state index in [-0.39, 0.29) is 6.04 Å². The number of hydrogen-bond acceptors (Lipinski definition) is 2. The Bertz CT molecular complexity index is 649. The van der Waals surface area contributed by atoms with E-state index in [4.69, 9.17) is 0 Å². The summed E-state index contributed by atoms with van der Waals surface area (Å²) in [4.78, 5) is 0.308. The van der Waals surface area contributed by atoms with Gasteiger partial charge in [-0.05, 0) is 38.0 Å². The van der Waals surface area contributed by atoms with E-state index in [0.717, 1.165) is 11.1 Å². The average Bonchev–Trinajstić information content (AvgIpc) is 2.39. The molecule has 106 valence electrons. The third-order valence-electron chi connectivity index (χ3n) is 3.07. The van der Waals surface area contributed by atoms with Gasteiger partial charge in [0.15, 0.2) is 0 Å². The molecule has 0 bridgehead atoms. The maximum atomic E-state index is 12.2. The Morgan fingerprint density at radius 2 is 1.60 bits per heavy atom. The highest BCUT2D eigenvalue weighted by Crippen LogP contribution is 2.11. The van der Waals surface area contributed by atoms with Crippen LogP contribution in [0.1, 0.15) is 18.1 Å². The summed E-state index contributed by atoms with van der Waals surface area (Å²) in [7, 11) is -3.45. The van der Waals surface area contributed by atoms with Crippen LogP contribution < -0.4 is 4.72 Å². The van der Waals surface area contributed by atoms with Gasteiger partial charge in [0.2, 0.25) is 10.0 Å². The Balaban J connectivity index is 2.06. The maximum Gasteiger partial charge on any atom is 0.240 e. The Morgan fingerprint density at radius 3 is 2.20 bits per heavy atom. The van der Waals surface area contributed by atoms with E-state index in [2.05, 4.69) is 4.72 Å². The first-order chi connectivity index (χ1) is 9.47. The monoisotopic (exact) mass is 289 g/mol. The third kappa shape index (κ3) is 3.92. The lowest BCUT2D eigenvalue weighted by Gasteiger charge is -2.14. The van der Waals surface area contributed by atoms with Crippen molar-refractivity contribution in [3.05, 3.63) is 65.7 Å². The van der Waals surface area contributed by atoms with Crippen molar-refractivity contribution in [1.29, 1.82) is 0 Å². The average molecular weight is 289 g/mol. The van der Waals surface area contributed by atoms with E-state index in [1.165, 1.54) is 0 Å². The molecule has 0 saturated heterocycles. The molecular weight excluding hydrogens is 270 g/mol. The largest absolute Gasteiger partial charge is 0.240 e. The summed E-state index contributed by atoms with van der Waals surface area (Å²) in [6.07, 6.45) is 0.673. The minimum atomic E-state index is -3.45. The highest BCUT2D eigenvalue weighted by molar-refractivity contribution is 7.89. The third-order valence-corrected chi connectivity index (χ3v) is 4.68. The quantitative estimate of drug-likeness (QED) is 0.920. The molecule has 0 aromatic heterocycles. The van der Waals surface area contributed by atoms with Gasteiger partial charge in [0.05, 0.1) is 4.90 Å². The van der Waals surface area contributed by atoms with Crippen LogP contribution in [0.25, 0.3) is 0 Å². The van der Waals surface area contributed by atoms with E-state index >= 15 is 0 Å². The predicted octanol–water partition coefficient (Wildman–Crippen LogP) is 2.90. The lowest BCUT2D eigenvalue weighted by Crippen LogP contribution is -2.34. The number of rotatable bonds is 5. The first-order valence-corrected chi connectivity index (χ1v) is 8.08. The summed E-state index contributed by atoms with van der Waals surface area (Å²) >= 11 is 0. The van der Waals surface area contributed by atoms with Gasteiger partial charge in [-0.1, -0.05) is 48.0 Å². The first kappa shape index (κ1) is 14.8. The van der Waals surface area contributed by atoms with Crippen molar-refractivity contribution in [3.63, 3.8) is 0 Å². The minimum Gasteiger partial charge on any atom is -0.208 e. The van der Waals surface area contributed by atoms with E-state index in [9.17, 15) is 8.42 Å². The molecule has 3 nitrogen and oxygen atoms in total. The van der Waals surface area contributed by atoms with Crippen LogP contribution in [-0.2, 0) is 16.4 Å². The van der Waals surface area contributed by atoms with Gasteiger partial charge in [-0.2, -0.15) is 0 Å². The Kier molecular flexibility index (Phi) is 4.57. The van der Waals surface area contributed by atoms with Crippen LogP contribution in [0.4, 0.5) is 0 Å². The lowest BCUT2D eigenvalue weighted by atomic mass is 10.1. The molecule has 0 heterocycles. The second-order valence-electron chi connectivity index (χ2n) is 5.03. The van der Waals surface area contributed by atoms with Crippen LogP contribution in [0.3, 0.4) is 0 Å². The summed E-state index contributed by atoms with van der Waals surface area (Å²) in [5.41, 5.74) is 2.16. The van der Waals surface area contributed by atoms with Crippen molar-refractivity contribution in [2.45, 2.75) is 31.2 Å². The Labute approximate surface area is 120 Å². The zero-order chi connectivity index (χ0) is 14.6. The maximum absolute atomic E-state index is 12.2. The first-order valence-electron chi connectivity index (χ1n) is 6.60. The van der Waals surface area contributed by atoms with Crippen molar-refractivity contribution in [2.75, 3.05) is 0 Å². The second-order valence-corrected chi connectivity index (χ2v) is 6.74. The summed E-state index contributed by atoms with van der Waals surface area (Å²) in [6.45, 7) is 3.81. The van der Waals surface area contributed by atoms with Gasteiger partial charge < -0.3 is 0 Å². The number of hydrogen-bond donors (Lipinski definition) is 1. The fourth-order valence-electron chi connectivity index (χ4n) is 2.06. The topological polar surface area (TPSA) is 46.2 Å². The van der Waals surface area contributed by atoms with Crippen molar-refractivity contribution >= 4 is 10.0 Å². The standard InChI is InChI=1S/C16H19NO2S/c1-13-8-10-16(11-9-13)20(18,19)17-14(2)12-15-6-4-3-5-7-15/h3-11,14,17H,12H2,1-2H3. The molecule has 0 aliphatic rings.